The summed E-state index contributed by atoms with van der Waals surface area (Å²) in [5.74, 6) is -0.0589. The van der Waals surface area contributed by atoms with Gasteiger partial charge in [-0.1, -0.05) is 0 Å². The predicted molar refractivity (Wildman–Crippen MR) is 74.5 cm³/mol. The van der Waals surface area contributed by atoms with Crippen molar-refractivity contribution in [3.8, 4) is 0 Å². The number of rotatable bonds is 5. The number of sulfone groups is 1. The van der Waals surface area contributed by atoms with Crippen LogP contribution in [0.5, 0.6) is 0 Å². The number of nitrogens with one attached hydrogen (secondary N) is 2. The van der Waals surface area contributed by atoms with Crippen molar-refractivity contribution in [2.75, 3.05) is 18.6 Å². The van der Waals surface area contributed by atoms with Crippen molar-refractivity contribution in [3.05, 3.63) is 17.0 Å². The largest absolute Gasteiger partial charge is 0.316 e. The van der Waals surface area contributed by atoms with Gasteiger partial charge in [0.05, 0.1) is 11.5 Å². The maximum atomic E-state index is 12.1. The molecule has 0 amide bonds. The lowest BCUT2D eigenvalue weighted by Crippen LogP contribution is -2.35. The minimum absolute atomic E-state index is 0.0512. The zero-order valence-electron chi connectivity index (χ0n) is 10.4. The highest BCUT2D eigenvalue weighted by molar-refractivity contribution is 7.92. The van der Waals surface area contributed by atoms with Gasteiger partial charge >= 0.3 is 0 Å². The Morgan fingerprint density at radius 2 is 2.21 bits per heavy atom. The summed E-state index contributed by atoms with van der Waals surface area (Å²) in [4.78, 5) is 0. The van der Waals surface area contributed by atoms with Crippen LogP contribution in [0.4, 0.5) is 0 Å². The van der Waals surface area contributed by atoms with E-state index in [9.17, 15) is 16.8 Å². The Bertz CT molecular complexity index is 648. The molecule has 0 radical (unpaired) electrons. The van der Waals surface area contributed by atoms with Crippen molar-refractivity contribution in [2.45, 2.75) is 23.2 Å². The van der Waals surface area contributed by atoms with Crippen LogP contribution in [0.3, 0.4) is 0 Å². The normalized spacial score (nSPS) is 22.7. The average molecular weight is 324 g/mol. The van der Waals surface area contributed by atoms with Gasteiger partial charge < -0.3 is 5.32 Å². The molecule has 1 fully saturated rings. The van der Waals surface area contributed by atoms with E-state index in [1.807, 2.05) is 0 Å². The van der Waals surface area contributed by atoms with E-state index in [0.717, 1.165) is 16.9 Å². The molecule has 0 aromatic carbocycles. The number of hydrogen-bond donors (Lipinski definition) is 2. The van der Waals surface area contributed by atoms with E-state index in [1.165, 1.54) is 0 Å². The highest BCUT2D eigenvalue weighted by Gasteiger charge is 2.31. The molecule has 6 nitrogen and oxygen atoms in total. The molecule has 1 aliphatic heterocycles. The zero-order chi connectivity index (χ0) is 14.1. The zero-order valence-corrected chi connectivity index (χ0v) is 12.9. The fraction of sp³-hybridized carbons (Fsp3) is 0.600. The number of sulfonamides is 1. The molecular formula is C10H16N2O4S3. The summed E-state index contributed by atoms with van der Waals surface area (Å²) in [6, 6.07) is 1.09. The van der Waals surface area contributed by atoms with Crippen LogP contribution in [-0.2, 0) is 26.4 Å². The predicted octanol–water partition coefficient (Wildman–Crippen LogP) is -0.0671. The lowest BCUT2D eigenvalue weighted by molar-refractivity contribution is 0.564. The van der Waals surface area contributed by atoms with Crippen LogP contribution in [0, 0.1) is 0 Å². The average Bonchev–Trinajstić information content (AvgIpc) is 2.86. The minimum atomic E-state index is -3.62. The van der Waals surface area contributed by atoms with Crippen LogP contribution in [0.2, 0.25) is 0 Å². The Morgan fingerprint density at radius 3 is 2.79 bits per heavy atom. The molecular weight excluding hydrogens is 308 g/mol. The summed E-state index contributed by atoms with van der Waals surface area (Å²) in [6.07, 6.45) is 0.344. The Hall–Kier alpha value is -0.480. The van der Waals surface area contributed by atoms with Crippen molar-refractivity contribution < 1.29 is 16.8 Å². The van der Waals surface area contributed by atoms with Gasteiger partial charge in [-0.15, -0.1) is 11.3 Å². The molecule has 1 atom stereocenters. The van der Waals surface area contributed by atoms with Gasteiger partial charge in [-0.2, -0.15) is 0 Å². The monoisotopic (exact) mass is 324 g/mol. The third kappa shape index (κ3) is 3.76. The molecule has 0 bridgehead atoms. The maximum absolute atomic E-state index is 12.1. The lowest BCUT2D eigenvalue weighted by Gasteiger charge is -2.09. The first-order chi connectivity index (χ1) is 8.82. The molecule has 9 heteroatoms. The summed E-state index contributed by atoms with van der Waals surface area (Å²) in [6.45, 7) is 0.601. The molecule has 0 spiro atoms. The van der Waals surface area contributed by atoms with E-state index in [0.29, 0.717) is 13.0 Å². The third-order valence-corrected chi connectivity index (χ3v) is 7.61. The number of thiophene rings is 1. The van der Waals surface area contributed by atoms with Crippen molar-refractivity contribution in [1.29, 1.82) is 0 Å². The van der Waals surface area contributed by atoms with Gasteiger partial charge in [-0.3, -0.25) is 0 Å². The standard InChI is InChI=1S/C10H16N2O4S3/c1-11-5-8-4-10(17-6-8)19(15,16)12-9-2-3-18(13,14)7-9/h4,6,9,11-12H,2-3,5,7H2,1H3. The maximum Gasteiger partial charge on any atom is 0.250 e. The summed E-state index contributed by atoms with van der Waals surface area (Å²) in [5.41, 5.74) is 0.895. The summed E-state index contributed by atoms with van der Waals surface area (Å²) >= 11 is 1.14. The van der Waals surface area contributed by atoms with E-state index in [4.69, 9.17) is 0 Å². The highest BCUT2D eigenvalue weighted by Crippen LogP contribution is 2.22. The van der Waals surface area contributed by atoms with E-state index in [2.05, 4.69) is 10.0 Å². The molecule has 2 heterocycles. The number of hydrogen-bond acceptors (Lipinski definition) is 6. The van der Waals surface area contributed by atoms with Gasteiger partial charge in [-0.25, -0.2) is 21.6 Å². The summed E-state index contributed by atoms with van der Waals surface area (Å²) in [5, 5.41) is 4.72. The van der Waals surface area contributed by atoms with Crippen LogP contribution < -0.4 is 10.0 Å². The molecule has 1 aromatic heterocycles. The molecule has 2 rings (SSSR count). The van der Waals surface area contributed by atoms with Crippen LogP contribution in [-0.4, -0.2) is 41.4 Å². The second-order valence-corrected chi connectivity index (χ2v) is 9.61. The minimum Gasteiger partial charge on any atom is -0.316 e. The van der Waals surface area contributed by atoms with Gasteiger partial charge in [0, 0.05) is 12.6 Å². The van der Waals surface area contributed by atoms with Crippen molar-refractivity contribution in [1.82, 2.24) is 10.0 Å². The summed E-state index contributed by atoms with van der Waals surface area (Å²) in [7, 11) is -4.92. The van der Waals surface area contributed by atoms with E-state index < -0.39 is 25.9 Å². The fourth-order valence-electron chi connectivity index (χ4n) is 1.96. The highest BCUT2D eigenvalue weighted by atomic mass is 32.2. The van der Waals surface area contributed by atoms with Crippen molar-refractivity contribution in [3.63, 3.8) is 0 Å². The molecule has 108 valence electrons. The second kappa shape index (κ2) is 5.49. The van der Waals surface area contributed by atoms with Gasteiger partial charge in [0.1, 0.15) is 4.21 Å². The molecule has 0 aliphatic carbocycles. The van der Waals surface area contributed by atoms with Crippen LogP contribution in [0.1, 0.15) is 12.0 Å². The quantitative estimate of drug-likeness (QED) is 0.791. The van der Waals surface area contributed by atoms with Crippen LogP contribution >= 0.6 is 11.3 Å². The lowest BCUT2D eigenvalue weighted by atomic mass is 10.3. The second-order valence-electron chi connectivity index (χ2n) is 4.53. The third-order valence-electron chi connectivity index (χ3n) is 2.83. The molecule has 1 aliphatic rings. The van der Waals surface area contributed by atoms with E-state index >= 15 is 0 Å². The van der Waals surface area contributed by atoms with Gasteiger partial charge in [0.2, 0.25) is 10.0 Å². The van der Waals surface area contributed by atoms with Gasteiger partial charge in [0.15, 0.2) is 9.84 Å². The topological polar surface area (TPSA) is 92.3 Å². The van der Waals surface area contributed by atoms with E-state index in [-0.39, 0.29) is 15.7 Å². The molecule has 1 unspecified atom stereocenters. The SMILES string of the molecule is CNCc1csc(S(=O)(=O)NC2CCS(=O)(=O)C2)c1. The van der Waals surface area contributed by atoms with Crippen LogP contribution in [0.15, 0.2) is 15.7 Å². The fourth-order valence-corrected chi connectivity index (χ4v) is 6.23. The Balaban J connectivity index is 2.10. The van der Waals surface area contributed by atoms with Gasteiger partial charge in [0.25, 0.3) is 0 Å². The smallest absolute Gasteiger partial charge is 0.250 e. The van der Waals surface area contributed by atoms with Crippen molar-refractivity contribution in [2.24, 2.45) is 0 Å². The molecule has 1 saturated heterocycles. The molecule has 19 heavy (non-hydrogen) atoms. The Labute approximate surface area is 117 Å². The first kappa shape index (κ1) is 14.9. The van der Waals surface area contributed by atoms with Crippen molar-refractivity contribution >= 4 is 31.2 Å². The first-order valence-electron chi connectivity index (χ1n) is 5.77. The van der Waals surface area contributed by atoms with E-state index in [1.54, 1.807) is 18.5 Å². The Morgan fingerprint density at radius 1 is 1.47 bits per heavy atom. The van der Waals surface area contributed by atoms with Gasteiger partial charge in [-0.05, 0) is 30.5 Å². The molecule has 1 aromatic rings. The first-order valence-corrected chi connectivity index (χ1v) is 9.95. The van der Waals surface area contributed by atoms with Crippen LogP contribution in [0.25, 0.3) is 0 Å². The molecule has 2 N–H and O–H groups in total. The molecule has 0 saturated carbocycles. The summed E-state index contributed by atoms with van der Waals surface area (Å²) < 4.78 is 49.5. The Kier molecular flexibility index (Phi) is 4.31.